The standard InChI is InChI=1S/C70H82BN3OS/c1-63(2,3)43-24-29-47(30-25-43)72(48-31-26-44(27-32-48)64(4,5)6)49-41-52-59-53(42-49)71-58-55(39-46(66(10,11)12)40-56(58)74(59)69(15)36-19-17-34-67(52,69)13)73(61-62(71)76-70(16)37-20-18-35-68(61,70)14)54-23-21-22-50-51-38-45(65(7,8)9)28-33-57(51)75-60(50)54/h21-33,38-42H,17-20,34-37H2,1-16H3. The van der Waals surface area contributed by atoms with Crippen molar-refractivity contribution in [3.05, 3.63) is 148 Å². The monoisotopic (exact) mass is 1020 g/mol. The minimum Gasteiger partial charge on any atom is -0.454 e. The van der Waals surface area contributed by atoms with E-state index in [0.717, 1.165) is 30.4 Å². The lowest BCUT2D eigenvalue weighted by Gasteiger charge is -2.53. The van der Waals surface area contributed by atoms with Gasteiger partial charge in [0.1, 0.15) is 5.58 Å². The first-order chi connectivity index (χ1) is 35.7. The zero-order valence-electron chi connectivity index (χ0n) is 48.8. The molecular weight excluding hydrogens is 942 g/mol. The second-order valence-corrected chi connectivity index (χ2v) is 30.8. The molecule has 392 valence electrons. The van der Waals surface area contributed by atoms with Crippen molar-refractivity contribution < 1.29 is 4.42 Å². The van der Waals surface area contributed by atoms with Gasteiger partial charge in [0, 0.05) is 66.2 Å². The van der Waals surface area contributed by atoms with Crippen molar-refractivity contribution in [2.45, 2.75) is 200 Å². The molecule has 6 aliphatic rings. The van der Waals surface area contributed by atoms with Gasteiger partial charge in [0.2, 0.25) is 0 Å². The number of anilines is 7. The fourth-order valence-corrected chi connectivity index (χ4v) is 17.2. The summed E-state index contributed by atoms with van der Waals surface area (Å²) >= 11 is 2.25. The van der Waals surface area contributed by atoms with Gasteiger partial charge in [-0.3, -0.25) is 0 Å². The molecule has 7 aromatic rings. The average molecular weight is 1020 g/mol. The number of thioether (sulfide) groups is 1. The maximum atomic E-state index is 7.25. The Balaban J connectivity index is 1.14. The molecule has 0 saturated heterocycles. The number of nitrogens with zero attached hydrogens (tertiary/aromatic N) is 3. The lowest BCUT2D eigenvalue weighted by Crippen LogP contribution is -2.61. The Hall–Kier alpha value is -5.33. The SMILES string of the molecule is CC(C)(C)c1ccc(N(c2ccc(C(C)(C)C)cc2)c2cc3c4c(c2)C2(C)CCCCC2(C)N4c2cc(C(C)(C)C)cc4c2B3C2=C(N4c3cccc4c3oc3ccc(C(C)(C)C)cc34)C3(C)CCCCC3(C)S2)cc1. The normalized spacial score (nSPS) is 25.0. The molecule has 4 nitrogen and oxygen atoms in total. The quantitative estimate of drug-likeness (QED) is 0.164. The molecule has 5 heterocycles. The van der Waals surface area contributed by atoms with Crippen LogP contribution < -0.4 is 25.6 Å². The van der Waals surface area contributed by atoms with Crippen LogP contribution in [0.4, 0.5) is 39.8 Å². The minimum atomic E-state index is -0.137. The van der Waals surface area contributed by atoms with Crippen LogP contribution >= 0.6 is 11.8 Å². The summed E-state index contributed by atoms with van der Waals surface area (Å²) < 4.78 is 7.27. The molecule has 2 aliphatic carbocycles. The second kappa shape index (κ2) is 16.1. The van der Waals surface area contributed by atoms with E-state index in [-0.39, 0.29) is 49.5 Å². The number of para-hydroxylation sites is 1. The summed E-state index contributed by atoms with van der Waals surface area (Å²) in [6, 6.07) is 43.6. The third-order valence-corrected chi connectivity index (χ3v) is 22.2. The highest BCUT2D eigenvalue weighted by Crippen LogP contribution is 2.70. The molecule has 0 radical (unpaired) electrons. The van der Waals surface area contributed by atoms with Crippen LogP contribution in [-0.2, 0) is 27.1 Å². The van der Waals surface area contributed by atoms with Gasteiger partial charge in [-0.1, -0.05) is 165 Å². The topological polar surface area (TPSA) is 22.9 Å². The summed E-state index contributed by atoms with van der Waals surface area (Å²) in [5, 5.41) is 2.40. The van der Waals surface area contributed by atoms with E-state index >= 15 is 0 Å². The van der Waals surface area contributed by atoms with Crippen LogP contribution in [0.1, 0.15) is 190 Å². The van der Waals surface area contributed by atoms with Crippen molar-refractivity contribution in [1.29, 1.82) is 0 Å². The fourth-order valence-electron chi connectivity index (χ4n) is 15.3. The van der Waals surface area contributed by atoms with Crippen LogP contribution in [0, 0.1) is 5.41 Å². The highest BCUT2D eigenvalue weighted by atomic mass is 32.2. The molecule has 13 rings (SSSR count). The first-order valence-corrected chi connectivity index (χ1v) is 29.9. The lowest BCUT2D eigenvalue weighted by atomic mass is 9.36. The van der Waals surface area contributed by atoms with E-state index in [4.69, 9.17) is 4.42 Å². The number of allylic oxidation sites excluding steroid dienone is 1. The molecule has 4 atom stereocenters. The van der Waals surface area contributed by atoms with Crippen LogP contribution in [0.5, 0.6) is 0 Å². The van der Waals surface area contributed by atoms with Crippen LogP contribution in [0.2, 0.25) is 0 Å². The Morgan fingerprint density at radius 1 is 0.526 bits per heavy atom. The van der Waals surface area contributed by atoms with E-state index in [9.17, 15) is 0 Å². The smallest absolute Gasteiger partial charge is 0.259 e. The van der Waals surface area contributed by atoms with Crippen molar-refractivity contribution in [3.63, 3.8) is 0 Å². The first-order valence-electron chi connectivity index (χ1n) is 29.0. The first kappa shape index (κ1) is 50.2. The zero-order chi connectivity index (χ0) is 53.7. The van der Waals surface area contributed by atoms with Gasteiger partial charge in [0.05, 0.1) is 11.2 Å². The van der Waals surface area contributed by atoms with Gasteiger partial charge in [-0.15, -0.1) is 11.8 Å². The van der Waals surface area contributed by atoms with E-state index < -0.39 is 0 Å². The van der Waals surface area contributed by atoms with Crippen molar-refractivity contribution in [2.75, 3.05) is 14.7 Å². The summed E-state index contributed by atoms with van der Waals surface area (Å²) in [6.45, 7) is 38.8. The van der Waals surface area contributed by atoms with Gasteiger partial charge in [0.25, 0.3) is 6.71 Å². The summed E-state index contributed by atoms with van der Waals surface area (Å²) in [5.41, 5.74) is 22.1. The van der Waals surface area contributed by atoms with Gasteiger partial charge >= 0.3 is 0 Å². The van der Waals surface area contributed by atoms with Gasteiger partial charge in [-0.2, -0.15) is 0 Å². The Labute approximate surface area is 460 Å². The molecule has 76 heavy (non-hydrogen) atoms. The predicted molar refractivity (Wildman–Crippen MR) is 329 cm³/mol. The number of fused-ring (bicyclic) bond motifs is 11. The Morgan fingerprint density at radius 2 is 1.09 bits per heavy atom. The Bertz CT molecular complexity index is 3540. The zero-order valence-corrected chi connectivity index (χ0v) is 49.6. The number of hydrogen-bond acceptors (Lipinski definition) is 5. The van der Waals surface area contributed by atoms with Crippen molar-refractivity contribution in [1.82, 2.24) is 0 Å². The van der Waals surface area contributed by atoms with Crippen molar-refractivity contribution in [3.8, 4) is 0 Å². The van der Waals surface area contributed by atoms with Crippen LogP contribution in [0.3, 0.4) is 0 Å². The van der Waals surface area contributed by atoms with E-state index in [1.54, 1.807) is 4.80 Å². The van der Waals surface area contributed by atoms with Gasteiger partial charge < -0.3 is 19.1 Å². The number of furan rings is 1. The highest BCUT2D eigenvalue weighted by Gasteiger charge is 2.65. The summed E-state index contributed by atoms with van der Waals surface area (Å²) in [6.07, 6.45) is 9.64. The number of rotatable bonds is 4. The molecule has 0 bridgehead atoms. The maximum absolute atomic E-state index is 7.25. The molecule has 0 amide bonds. The molecular formula is C70H82BN3OS. The molecule has 6 aromatic carbocycles. The third-order valence-electron chi connectivity index (χ3n) is 20.4. The Morgan fingerprint density at radius 3 is 1.71 bits per heavy atom. The minimum absolute atomic E-state index is 0.0198. The van der Waals surface area contributed by atoms with Gasteiger partial charge in [-0.25, -0.2) is 0 Å². The molecule has 2 fully saturated rings. The largest absolute Gasteiger partial charge is 0.454 e. The average Bonchev–Trinajstić information content (AvgIpc) is 4.13. The number of hydrogen-bond donors (Lipinski definition) is 0. The van der Waals surface area contributed by atoms with Crippen LogP contribution in [-0.4, -0.2) is 17.0 Å². The highest BCUT2D eigenvalue weighted by molar-refractivity contribution is 8.06. The van der Waals surface area contributed by atoms with E-state index in [0.29, 0.717) is 0 Å². The Kier molecular flexibility index (Phi) is 10.7. The number of benzene rings is 6. The molecule has 4 unspecified atom stereocenters. The molecule has 0 spiro atoms. The van der Waals surface area contributed by atoms with E-state index in [2.05, 4.69) is 246 Å². The summed E-state index contributed by atoms with van der Waals surface area (Å²) in [7, 11) is 0. The molecule has 4 aliphatic heterocycles. The molecule has 1 aromatic heterocycles. The van der Waals surface area contributed by atoms with Crippen molar-refractivity contribution in [2.24, 2.45) is 5.41 Å². The molecule has 0 N–H and O–H groups in total. The van der Waals surface area contributed by atoms with E-state index in [1.807, 2.05) is 0 Å². The third kappa shape index (κ3) is 6.95. The molecule has 6 heteroatoms. The fraction of sp³-hybridized carbons (Fsp3) is 0.457. The van der Waals surface area contributed by atoms with Crippen molar-refractivity contribution >= 4 is 91.2 Å². The predicted octanol–water partition coefficient (Wildman–Crippen LogP) is 18.9. The van der Waals surface area contributed by atoms with Crippen LogP contribution in [0.25, 0.3) is 21.9 Å². The maximum Gasteiger partial charge on any atom is 0.259 e. The van der Waals surface area contributed by atoms with Crippen LogP contribution in [0.15, 0.2) is 124 Å². The van der Waals surface area contributed by atoms with E-state index in [1.165, 1.54) is 127 Å². The molecule has 2 saturated carbocycles. The summed E-state index contributed by atoms with van der Waals surface area (Å²) in [4.78, 5) is 9.89. The summed E-state index contributed by atoms with van der Waals surface area (Å²) in [5.74, 6) is 0. The van der Waals surface area contributed by atoms with Gasteiger partial charge in [0.15, 0.2) is 5.58 Å². The van der Waals surface area contributed by atoms with Gasteiger partial charge in [-0.05, 0) is 171 Å². The second-order valence-electron chi connectivity index (χ2n) is 29.3. The lowest BCUT2D eigenvalue weighted by molar-refractivity contribution is 0.195.